The van der Waals surface area contributed by atoms with Gasteiger partial charge >= 0.3 is 0 Å². The van der Waals surface area contributed by atoms with Crippen LogP contribution in [0.2, 0.25) is 0 Å². The van der Waals surface area contributed by atoms with Gasteiger partial charge in [0.15, 0.2) is 0 Å². The molecule has 1 N–H and O–H groups in total. The molecular formula is C19H23FN2O3S. The fraction of sp³-hybridized carbons (Fsp3) is 0.316. The van der Waals surface area contributed by atoms with Crippen molar-refractivity contribution in [3.05, 3.63) is 65.5 Å². The summed E-state index contributed by atoms with van der Waals surface area (Å²) in [6, 6.07) is 11.9. The van der Waals surface area contributed by atoms with Crippen LogP contribution < -0.4 is 5.32 Å². The monoisotopic (exact) mass is 378 g/mol. The topological polar surface area (TPSA) is 66.5 Å². The zero-order chi connectivity index (χ0) is 19.2. The summed E-state index contributed by atoms with van der Waals surface area (Å²) in [7, 11) is -2.02. The van der Waals surface area contributed by atoms with Crippen molar-refractivity contribution in [2.45, 2.75) is 31.2 Å². The smallest absolute Gasteiger partial charge is 0.251 e. The van der Waals surface area contributed by atoms with Gasteiger partial charge in [-0.2, -0.15) is 0 Å². The summed E-state index contributed by atoms with van der Waals surface area (Å²) in [6.07, 6.45) is 1.69. The largest absolute Gasteiger partial charge is 0.348 e. The van der Waals surface area contributed by atoms with E-state index in [0.29, 0.717) is 17.7 Å². The highest BCUT2D eigenvalue weighted by Crippen LogP contribution is 2.16. The summed E-state index contributed by atoms with van der Waals surface area (Å²) in [5.41, 5.74) is 0.703. The number of amides is 1. The Balaban J connectivity index is 2.04. The Hall–Kier alpha value is -2.25. The Morgan fingerprint density at radius 1 is 1.12 bits per heavy atom. The molecule has 0 atom stereocenters. The molecule has 0 aliphatic heterocycles. The van der Waals surface area contributed by atoms with E-state index in [0.717, 1.165) is 12.8 Å². The van der Waals surface area contributed by atoms with E-state index < -0.39 is 15.9 Å². The Kier molecular flexibility index (Phi) is 6.88. The van der Waals surface area contributed by atoms with Crippen molar-refractivity contribution in [2.24, 2.45) is 0 Å². The molecule has 5 nitrogen and oxygen atoms in total. The zero-order valence-corrected chi connectivity index (χ0v) is 15.7. The molecule has 7 heteroatoms. The minimum Gasteiger partial charge on any atom is -0.348 e. The first-order chi connectivity index (χ1) is 12.4. The normalized spacial score (nSPS) is 11.5. The molecule has 26 heavy (non-hydrogen) atoms. The molecule has 2 aromatic carbocycles. The number of sulfonamides is 1. The molecular weight excluding hydrogens is 355 g/mol. The van der Waals surface area contributed by atoms with Gasteiger partial charge in [-0.25, -0.2) is 17.1 Å². The maximum atomic E-state index is 13.6. The summed E-state index contributed by atoms with van der Waals surface area (Å²) in [6.45, 7) is 2.50. The Morgan fingerprint density at radius 2 is 1.77 bits per heavy atom. The van der Waals surface area contributed by atoms with Crippen molar-refractivity contribution in [2.75, 3.05) is 13.6 Å². The first kappa shape index (κ1) is 20.1. The molecule has 0 saturated heterocycles. The third-order valence-electron chi connectivity index (χ3n) is 4.05. The lowest BCUT2D eigenvalue weighted by molar-refractivity contribution is 0.0950. The van der Waals surface area contributed by atoms with Crippen LogP contribution in [0.5, 0.6) is 0 Å². The quantitative estimate of drug-likeness (QED) is 0.767. The van der Waals surface area contributed by atoms with E-state index in [9.17, 15) is 17.6 Å². The lowest BCUT2D eigenvalue weighted by atomic mass is 10.2. The summed E-state index contributed by atoms with van der Waals surface area (Å²) in [5, 5.41) is 2.63. The second kappa shape index (κ2) is 8.91. The number of nitrogens with one attached hydrogen (secondary N) is 1. The molecule has 1 amide bonds. The van der Waals surface area contributed by atoms with E-state index in [4.69, 9.17) is 0 Å². The van der Waals surface area contributed by atoms with Crippen LogP contribution in [-0.2, 0) is 16.6 Å². The maximum Gasteiger partial charge on any atom is 0.251 e. The number of benzene rings is 2. The number of carbonyl (C=O) groups excluding carboxylic acids is 1. The summed E-state index contributed by atoms with van der Waals surface area (Å²) >= 11 is 0. The SMILES string of the molecule is CCCCN(C)S(=O)(=O)c1ccc(C(=O)NCc2ccccc2F)cc1. The van der Waals surface area contributed by atoms with Crippen LogP contribution >= 0.6 is 0 Å². The lowest BCUT2D eigenvalue weighted by Crippen LogP contribution is -2.28. The summed E-state index contributed by atoms with van der Waals surface area (Å²) < 4.78 is 39.8. The molecule has 0 aliphatic carbocycles. The lowest BCUT2D eigenvalue weighted by Gasteiger charge is -2.17. The second-order valence-corrected chi connectivity index (χ2v) is 8.02. The minimum atomic E-state index is -3.56. The molecule has 2 aromatic rings. The van der Waals surface area contributed by atoms with Gasteiger partial charge in [-0.15, -0.1) is 0 Å². The second-order valence-electron chi connectivity index (χ2n) is 5.98. The van der Waals surface area contributed by atoms with Gasteiger partial charge in [0.2, 0.25) is 10.0 Å². The van der Waals surface area contributed by atoms with Crippen molar-refractivity contribution in [3.8, 4) is 0 Å². The Bertz CT molecular complexity index is 851. The highest BCUT2D eigenvalue weighted by molar-refractivity contribution is 7.89. The van der Waals surface area contributed by atoms with Gasteiger partial charge in [0.05, 0.1) is 4.90 Å². The van der Waals surface area contributed by atoms with E-state index in [1.54, 1.807) is 25.2 Å². The number of carbonyl (C=O) groups is 1. The first-order valence-electron chi connectivity index (χ1n) is 8.44. The van der Waals surface area contributed by atoms with Crippen LogP contribution in [0.4, 0.5) is 4.39 Å². The van der Waals surface area contributed by atoms with Crippen LogP contribution in [0.25, 0.3) is 0 Å². The molecule has 0 fully saturated rings. The fourth-order valence-corrected chi connectivity index (χ4v) is 3.59. The van der Waals surface area contributed by atoms with Gasteiger partial charge < -0.3 is 5.32 Å². The average Bonchev–Trinajstić information content (AvgIpc) is 2.65. The van der Waals surface area contributed by atoms with Crippen molar-refractivity contribution in [1.82, 2.24) is 9.62 Å². The van der Waals surface area contributed by atoms with Crippen LogP contribution in [0.15, 0.2) is 53.4 Å². The Labute approximate surface area is 153 Å². The maximum absolute atomic E-state index is 13.6. The molecule has 2 rings (SSSR count). The molecule has 0 radical (unpaired) electrons. The van der Waals surface area contributed by atoms with Crippen molar-refractivity contribution in [3.63, 3.8) is 0 Å². The fourth-order valence-electron chi connectivity index (χ4n) is 2.38. The number of halogens is 1. The summed E-state index contributed by atoms with van der Waals surface area (Å²) in [4.78, 5) is 12.3. The van der Waals surface area contributed by atoms with E-state index in [1.165, 1.54) is 34.6 Å². The first-order valence-corrected chi connectivity index (χ1v) is 9.88. The third kappa shape index (κ3) is 4.89. The van der Waals surface area contributed by atoms with Crippen molar-refractivity contribution in [1.29, 1.82) is 0 Å². The van der Waals surface area contributed by atoms with Crippen molar-refractivity contribution < 1.29 is 17.6 Å². The van der Waals surface area contributed by atoms with Gasteiger partial charge in [0.25, 0.3) is 5.91 Å². The molecule has 0 aromatic heterocycles. The number of nitrogens with zero attached hydrogens (tertiary/aromatic N) is 1. The Morgan fingerprint density at radius 3 is 2.38 bits per heavy atom. The highest BCUT2D eigenvalue weighted by atomic mass is 32.2. The molecule has 0 spiro atoms. The number of hydrogen-bond donors (Lipinski definition) is 1. The average molecular weight is 378 g/mol. The van der Waals surface area contributed by atoms with Gasteiger partial charge in [-0.05, 0) is 36.8 Å². The molecule has 0 saturated carbocycles. The molecule has 0 bridgehead atoms. The van der Waals surface area contributed by atoms with E-state index in [-0.39, 0.29) is 17.3 Å². The molecule has 0 unspecified atom stereocenters. The van der Waals surface area contributed by atoms with Gasteiger partial charge in [0.1, 0.15) is 5.82 Å². The van der Waals surface area contributed by atoms with Gasteiger partial charge in [-0.1, -0.05) is 31.5 Å². The molecule has 0 aliphatic rings. The molecule has 140 valence electrons. The summed E-state index contributed by atoms with van der Waals surface area (Å²) in [5.74, 6) is -0.777. The number of unbranched alkanes of at least 4 members (excludes halogenated alkanes) is 1. The van der Waals surface area contributed by atoms with Crippen LogP contribution in [0.1, 0.15) is 35.7 Å². The van der Waals surface area contributed by atoms with Crippen molar-refractivity contribution >= 4 is 15.9 Å². The predicted octanol–water partition coefficient (Wildman–Crippen LogP) is 3.18. The van der Waals surface area contributed by atoms with Crippen LogP contribution in [0, 0.1) is 5.82 Å². The van der Waals surface area contributed by atoms with E-state index in [2.05, 4.69) is 5.32 Å². The minimum absolute atomic E-state index is 0.0608. The molecule has 0 heterocycles. The standard InChI is InChI=1S/C19H23FN2O3S/c1-3-4-13-22(2)26(24,25)17-11-9-15(10-12-17)19(23)21-14-16-7-5-6-8-18(16)20/h5-12H,3-4,13-14H2,1-2H3,(H,21,23). The predicted molar refractivity (Wildman–Crippen MR) is 98.7 cm³/mol. The van der Waals surface area contributed by atoms with E-state index >= 15 is 0 Å². The van der Waals surface area contributed by atoms with E-state index in [1.807, 2.05) is 6.92 Å². The highest BCUT2D eigenvalue weighted by Gasteiger charge is 2.20. The number of hydrogen-bond acceptors (Lipinski definition) is 3. The third-order valence-corrected chi connectivity index (χ3v) is 5.92. The van der Waals surface area contributed by atoms with Crippen LogP contribution in [0.3, 0.4) is 0 Å². The van der Waals surface area contributed by atoms with Gasteiger partial charge in [-0.3, -0.25) is 4.79 Å². The van der Waals surface area contributed by atoms with Gasteiger partial charge in [0, 0.05) is 31.3 Å². The van der Waals surface area contributed by atoms with Crippen LogP contribution in [-0.4, -0.2) is 32.2 Å². The number of rotatable bonds is 8. The zero-order valence-electron chi connectivity index (χ0n) is 14.9.